The zero-order valence-electron chi connectivity index (χ0n) is 15.6. The molecule has 3 rings (SSSR count). The van der Waals surface area contributed by atoms with Crippen molar-refractivity contribution in [1.82, 2.24) is 9.88 Å². The molecule has 0 spiro atoms. The largest absolute Gasteiger partial charge is 0.484 e. The third-order valence-electron chi connectivity index (χ3n) is 4.50. The molecule has 0 aliphatic carbocycles. The Morgan fingerprint density at radius 1 is 1.19 bits per heavy atom. The third-order valence-corrected chi connectivity index (χ3v) is 5.31. The molecule has 7 heteroatoms. The van der Waals surface area contributed by atoms with Gasteiger partial charge in [-0.1, -0.05) is 13.3 Å². The average molecular weight is 388 g/mol. The van der Waals surface area contributed by atoms with E-state index < -0.39 is 0 Å². The van der Waals surface area contributed by atoms with Gasteiger partial charge in [-0.2, -0.15) is 0 Å². The molecule has 1 aromatic heterocycles. The predicted octanol–water partition coefficient (Wildman–Crippen LogP) is 3.74. The Balaban J connectivity index is 1.44. The van der Waals surface area contributed by atoms with Crippen LogP contribution in [0.2, 0.25) is 0 Å². The lowest BCUT2D eigenvalue weighted by Gasteiger charge is -2.25. The number of aromatic nitrogens is 1. The van der Waals surface area contributed by atoms with E-state index in [0.29, 0.717) is 22.9 Å². The van der Waals surface area contributed by atoms with Crippen molar-refractivity contribution in [3.63, 3.8) is 0 Å². The van der Waals surface area contributed by atoms with Crippen molar-refractivity contribution in [2.75, 3.05) is 25.0 Å². The van der Waals surface area contributed by atoms with Crippen molar-refractivity contribution >= 4 is 28.2 Å². The van der Waals surface area contributed by atoms with Gasteiger partial charge in [0, 0.05) is 23.9 Å². The first-order valence-corrected chi connectivity index (χ1v) is 10.2. The van der Waals surface area contributed by atoms with Crippen LogP contribution in [0.25, 0.3) is 0 Å². The summed E-state index contributed by atoms with van der Waals surface area (Å²) in [6.45, 7) is 4.81. The van der Waals surface area contributed by atoms with Gasteiger partial charge in [0.2, 0.25) is 0 Å². The van der Waals surface area contributed by atoms with Gasteiger partial charge in [-0.25, -0.2) is 4.98 Å². The number of nitrogens with one attached hydrogen (secondary N) is 1. The minimum absolute atomic E-state index is 0.0865. The Hall–Kier alpha value is -2.25. The van der Waals surface area contributed by atoms with E-state index in [1.807, 2.05) is 12.3 Å². The molecule has 1 aliphatic heterocycles. The standard InChI is InChI=1S/C20H25N3O3S/c1-2-18(24)15-6-8-17(9-7-15)26-13-19(25)22-20-21-16(14-27-20)12-23-10-4-3-5-11-23/h6-9,14H,2-5,10-13H2,1H3,(H,21,22,25). The first-order chi connectivity index (χ1) is 13.1. The van der Waals surface area contributed by atoms with Gasteiger partial charge in [0.1, 0.15) is 5.75 Å². The number of hydrogen-bond acceptors (Lipinski definition) is 6. The summed E-state index contributed by atoms with van der Waals surface area (Å²) in [7, 11) is 0. The number of anilines is 1. The molecule has 1 fully saturated rings. The summed E-state index contributed by atoms with van der Waals surface area (Å²) >= 11 is 1.43. The number of piperidine rings is 1. The van der Waals surface area contributed by atoms with Crippen molar-refractivity contribution in [3.05, 3.63) is 40.9 Å². The van der Waals surface area contributed by atoms with Crippen LogP contribution in [0, 0.1) is 0 Å². The fourth-order valence-electron chi connectivity index (χ4n) is 3.03. The zero-order chi connectivity index (χ0) is 19.1. The first-order valence-electron chi connectivity index (χ1n) is 9.36. The molecule has 0 unspecified atom stereocenters. The maximum atomic E-state index is 12.1. The van der Waals surface area contributed by atoms with Crippen molar-refractivity contribution < 1.29 is 14.3 Å². The van der Waals surface area contributed by atoms with Crippen LogP contribution >= 0.6 is 11.3 Å². The normalized spacial score (nSPS) is 14.7. The fourth-order valence-corrected chi connectivity index (χ4v) is 3.75. The number of likely N-dealkylation sites (tertiary alicyclic amines) is 1. The van der Waals surface area contributed by atoms with E-state index in [1.165, 1.54) is 30.6 Å². The lowest BCUT2D eigenvalue weighted by atomic mass is 10.1. The molecule has 27 heavy (non-hydrogen) atoms. The smallest absolute Gasteiger partial charge is 0.264 e. The van der Waals surface area contributed by atoms with Gasteiger partial charge in [-0.3, -0.25) is 19.8 Å². The van der Waals surface area contributed by atoms with Gasteiger partial charge < -0.3 is 4.74 Å². The second-order valence-electron chi connectivity index (χ2n) is 6.62. The summed E-state index contributed by atoms with van der Waals surface area (Å²) in [5.41, 5.74) is 1.65. The number of benzene rings is 1. The van der Waals surface area contributed by atoms with Crippen LogP contribution in [0.4, 0.5) is 5.13 Å². The molecule has 1 amide bonds. The van der Waals surface area contributed by atoms with E-state index in [2.05, 4.69) is 15.2 Å². The molecule has 0 saturated carbocycles. The summed E-state index contributed by atoms with van der Waals surface area (Å²) in [6, 6.07) is 6.84. The number of thiazole rings is 1. The van der Waals surface area contributed by atoms with E-state index >= 15 is 0 Å². The van der Waals surface area contributed by atoms with Crippen molar-refractivity contribution in [1.29, 1.82) is 0 Å². The quantitative estimate of drug-likeness (QED) is 0.699. The highest BCUT2D eigenvalue weighted by Gasteiger charge is 2.13. The van der Waals surface area contributed by atoms with Crippen LogP contribution in [0.3, 0.4) is 0 Å². The second-order valence-corrected chi connectivity index (χ2v) is 7.48. The summed E-state index contributed by atoms with van der Waals surface area (Å²) in [6.07, 6.45) is 4.28. The number of carbonyl (C=O) groups is 2. The molecule has 6 nitrogen and oxygen atoms in total. The van der Waals surface area contributed by atoms with Crippen LogP contribution in [0.1, 0.15) is 48.7 Å². The monoisotopic (exact) mass is 387 g/mol. The molecule has 1 N–H and O–H groups in total. The number of hydrogen-bond donors (Lipinski definition) is 1. The predicted molar refractivity (Wildman–Crippen MR) is 106 cm³/mol. The summed E-state index contributed by atoms with van der Waals surface area (Å²) in [5.74, 6) is 0.397. The molecule has 1 aliphatic rings. The van der Waals surface area contributed by atoms with E-state index in [1.54, 1.807) is 24.3 Å². The lowest BCUT2D eigenvalue weighted by molar-refractivity contribution is -0.118. The summed E-state index contributed by atoms with van der Waals surface area (Å²) in [4.78, 5) is 30.6. The molecule has 0 atom stereocenters. The highest BCUT2D eigenvalue weighted by atomic mass is 32.1. The Bertz CT molecular complexity index is 767. The zero-order valence-corrected chi connectivity index (χ0v) is 16.4. The maximum Gasteiger partial charge on any atom is 0.264 e. The minimum atomic E-state index is -0.248. The Labute approximate surface area is 163 Å². The van der Waals surface area contributed by atoms with Crippen LogP contribution in [0.5, 0.6) is 5.75 Å². The van der Waals surface area contributed by atoms with E-state index in [0.717, 1.165) is 25.3 Å². The van der Waals surface area contributed by atoms with Crippen molar-refractivity contribution in [2.24, 2.45) is 0 Å². The molecule has 0 radical (unpaired) electrons. The first kappa shape index (κ1) is 19.5. The molecule has 1 saturated heterocycles. The van der Waals surface area contributed by atoms with Gasteiger partial charge in [-0.15, -0.1) is 11.3 Å². The third kappa shape index (κ3) is 5.87. The number of Topliss-reactive ketones (excluding diaryl/α,β-unsaturated/α-hetero) is 1. The number of carbonyl (C=O) groups excluding carboxylic acids is 2. The van der Waals surface area contributed by atoms with Gasteiger partial charge >= 0.3 is 0 Å². The van der Waals surface area contributed by atoms with Crippen molar-refractivity contribution in [3.8, 4) is 5.75 Å². The molecule has 144 valence electrons. The van der Waals surface area contributed by atoms with Gasteiger partial charge in [0.25, 0.3) is 5.91 Å². The van der Waals surface area contributed by atoms with Gasteiger partial charge in [-0.05, 0) is 50.2 Å². The SMILES string of the molecule is CCC(=O)c1ccc(OCC(=O)Nc2nc(CN3CCCCC3)cs2)cc1. The number of nitrogens with zero attached hydrogens (tertiary/aromatic N) is 2. The topological polar surface area (TPSA) is 71.5 Å². The van der Waals surface area contributed by atoms with Gasteiger partial charge in [0.05, 0.1) is 5.69 Å². The number of ether oxygens (including phenoxy) is 1. The Morgan fingerprint density at radius 2 is 1.93 bits per heavy atom. The van der Waals surface area contributed by atoms with Crippen molar-refractivity contribution in [2.45, 2.75) is 39.2 Å². The Morgan fingerprint density at radius 3 is 2.63 bits per heavy atom. The molecular formula is C20H25N3O3S. The van der Waals surface area contributed by atoms with Crippen LogP contribution in [-0.4, -0.2) is 41.3 Å². The summed E-state index contributed by atoms with van der Waals surface area (Å²) < 4.78 is 5.48. The van der Waals surface area contributed by atoms with E-state index in [9.17, 15) is 9.59 Å². The average Bonchev–Trinajstić information content (AvgIpc) is 3.13. The molecular weight excluding hydrogens is 362 g/mol. The minimum Gasteiger partial charge on any atom is -0.484 e. The molecule has 2 aromatic rings. The highest BCUT2D eigenvalue weighted by Crippen LogP contribution is 2.19. The molecule has 1 aromatic carbocycles. The molecule has 0 bridgehead atoms. The van der Waals surface area contributed by atoms with Crippen LogP contribution in [-0.2, 0) is 11.3 Å². The fraction of sp³-hybridized carbons (Fsp3) is 0.450. The van der Waals surface area contributed by atoms with Crippen LogP contribution < -0.4 is 10.1 Å². The van der Waals surface area contributed by atoms with E-state index in [-0.39, 0.29) is 18.3 Å². The van der Waals surface area contributed by atoms with Gasteiger partial charge in [0.15, 0.2) is 17.5 Å². The lowest BCUT2D eigenvalue weighted by Crippen LogP contribution is -2.29. The number of ketones is 1. The second kappa shape index (κ2) is 9.62. The summed E-state index contributed by atoms with van der Waals surface area (Å²) in [5, 5.41) is 5.37. The van der Waals surface area contributed by atoms with Crippen LogP contribution in [0.15, 0.2) is 29.6 Å². The maximum absolute atomic E-state index is 12.1. The number of amides is 1. The highest BCUT2D eigenvalue weighted by molar-refractivity contribution is 7.13. The molecule has 2 heterocycles. The van der Waals surface area contributed by atoms with E-state index in [4.69, 9.17) is 4.74 Å². The number of rotatable bonds is 8. The Kier molecular flexibility index (Phi) is 6.95.